The number of halogens is 1. The van der Waals surface area contributed by atoms with Gasteiger partial charge in [0, 0.05) is 31.8 Å². The Hall–Kier alpha value is -2.67. The van der Waals surface area contributed by atoms with Crippen molar-refractivity contribution >= 4 is 17.7 Å². The highest BCUT2D eigenvalue weighted by molar-refractivity contribution is 7.98. The van der Waals surface area contributed by atoms with Crippen LogP contribution in [0.4, 0.5) is 4.39 Å². The zero-order valence-electron chi connectivity index (χ0n) is 17.0. The molecule has 0 bridgehead atoms. The molecule has 30 heavy (non-hydrogen) atoms. The molecule has 1 aliphatic rings. The number of carbonyl (C=O) groups excluding carboxylic acids is 1. The van der Waals surface area contributed by atoms with Crippen molar-refractivity contribution in [1.82, 2.24) is 19.7 Å². The van der Waals surface area contributed by atoms with Gasteiger partial charge in [-0.25, -0.2) is 4.39 Å². The molecule has 156 valence electrons. The Morgan fingerprint density at radius 2 is 1.90 bits per heavy atom. The van der Waals surface area contributed by atoms with E-state index in [-0.39, 0.29) is 24.1 Å². The average Bonchev–Trinajstić information content (AvgIpc) is 3.15. The van der Waals surface area contributed by atoms with Gasteiger partial charge in [0.25, 0.3) is 0 Å². The molecule has 1 fully saturated rings. The highest BCUT2D eigenvalue weighted by Crippen LogP contribution is 2.29. The molecule has 0 aliphatic carbocycles. The van der Waals surface area contributed by atoms with Crippen LogP contribution in [0.3, 0.4) is 0 Å². The number of aromatic nitrogens is 3. The van der Waals surface area contributed by atoms with Crippen molar-refractivity contribution < 1.29 is 9.18 Å². The van der Waals surface area contributed by atoms with E-state index >= 15 is 0 Å². The minimum atomic E-state index is -0.326. The highest BCUT2D eigenvalue weighted by Gasteiger charge is 2.28. The number of thioether (sulfide) groups is 1. The summed E-state index contributed by atoms with van der Waals surface area (Å²) in [5.74, 6) is 1.53. The van der Waals surface area contributed by atoms with E-state index in [0.29, 0.717) is 18.7 Å². The van der Waals surface area contributed by atoms with Gasteiger partial charge in [-0.05, 0) is 30.0 Å². The second-order valence-electron chi connectivity index (χ2n) is 7.62. The van der Waals surface area contributed by atoms with Gasteiger partial charge < -0.3 is 9.47 Å². The van der Waals surface area contributed by atoms with Gasteiger partial charge in [0.1, 0.15) is 11.6 Å². The van der Waals surface area contributed by atoms with Crippen LogP contribution >= 0.6 is 11.8 Å². The molecule has 1 amide bonds. The normalized spacial score (nSPS) is 16.6. The van der Waals surface area contributed by atoms with Crippen LogP contribution in [0.2, 0.25) is 0 Å². The summed E-state index contributed by atoms with van der Waals surface area (Å²) in [6.45, 7) is 1.31. The first kappa shape index (κ1) is 20.6. The van der Waals surface area contributed by atoms with Crippen LogP contribution in [0, 0.1) is 5.82 Å². The molecule has 0 saturated carbocycles. The molecule has 0 radical (unpaired) electrons. The number of piperidine rings is 1. The van der Waals surface area contributed by atoms with Gasteiger partial charge in [0.05, 0.1) is 6.42 Å². The Labute approximate surface area is 180 Å². The molecule has 1 aromatic heterocycles. The molecule has 0 unspecified atom stereocenters. The number of likely N-dealkylation sites (tertiary alicyclic amines) is 1. The van der Waals surface area contributed by atoms with Gasteiger partial charge >= 0.3 is 0 Å². The summed E-state index contributed by atoms with van der Waals surface area (Å²) in [4.78, 5) is 14.6. The van der Waals surface area contributed by atoms with Crippen molar-refractivity contribution in [2.45, 2.75) is 36.1 Å². The first-order valence-electron chi connectivity index (χ1n) is 10.2. The monoisotopic (exact) mass is 424 g/mol. The van der Waals surface area contributed by atoms with Crippen molar-refractivity contribution in [3.63, 3.8) is 0 Å². The third-order valence-corrected chi connectivity index (χ3v) is 6.61. The standard InChI is InChI=1S/C23H25FN4OS/c1-27-22(25-26-23(27)30-16-17-8-3-2-4-9-17)19-11-7-13-28(15-19)21(29)14-18-10-5-6-12-20(18)24/h2-6,8-10,12,19H,7,11,13-16H2,1H3/t19-/m0/s1. The largest absolute Gasteiger partial charge is 0.342 e. The molecule has 4 rings (SSSR count). The molecule has 7 heteroatoms. The number of amides is 1. The van der Waals surface area contributed by atoms with Crippen molar-refractivity contribution in [2.24, 2.45) is 7.05 Å². The van der Waals surface area contributed by atoms with Gasteiger partial charge in [0.2, 0.25) is 5.91 Å². The summed E-state index contributed by atoms with van der Waals surface area (Å²) in [6, 6.07) is 16.8. The summed E-state index contributed by atoms with van der Waals surface area (Å²) < 4.78 is 16.0. The van der Waals surface area contributed by atoms with E-state index in [9.17, 15) is 9.18 Å². The second-order valence-corrected chi connectivity index (χ2v) is 8.56. The van der Waals surface area contributed by atoms with E-state index in [1.807, 2.05) is 34.7 Å². The van der Waals surface area contributed by atoms with Crippen LogP contribution in [0.5, 0.6) is 0 Å². The lowest BCUT2D eigenvalue weighted by Crippen LogP contribution is -2.40. The van der Waals surface area contributed by atoms with E-state index in [1.165, 1.54) is 11.6 Å². The molecule has 2 aromatic carbocycles. The molecule has 0 N–H and O–H groups in total. The predicted octanol–water partition coefficient (Wildman–Crippen LogP) is 4.20. The van der Waals surface area contributed by atoms with Crippen molar-refractivity contribution in [1.29, 1.82) is 0 Å². The fourth-order valence-corrected chi connectivity index (χ4v) is 4.73. The number of benzene rings is 2. The summed E-state index contributed by atoms with van der Waals surface area (Å²) in [6.07, 6.45) is 1.97. The first-order chi connectivity index (χ1) is 14.6. The first-order valence-corrected chi connectivity index (χ1v) is 11.2. The van der Waals surface area contributed by atoms with E-state index in [0.717, 1.165) is 29.6 Å². The Morgan fingerprint density at radius 1 is 1.13 bits per heavy atom. The zero-order valence-corrected chi connectivity index (χ0v) is 17.8. The molecule has 2 heterocycles. The van der Waals surface area contributed by atoms with Gasteiger partial charge in [-0.3, -0.25) is 4.79 Å². The SMILES string of the molecule is Cn1c(SCc2ccccc2)nnc1[C@H]1CCCN(C(=O)Cc2ccccc2F)C1. The summed E-state index contributed by atoms with van der Waals surface area (Å²) in [5, 5.41) is 9.69. The summed E-state index contributed by atoms with van der Waals surface area (Å²) >= 11 is 1.66. The fourth-order valence-electron chi connectivity index (χ4n) is 3.86. The van der Waals surface area contributed by atoms with Crippen LogP contribution in [0.25, 0.3) is 0 Å². The molecule has 1 aliphatic heterocycles. The quantitative estimate of drug-likeness (QED) is 0.557. The molecule has 5 nitrogen and oxygen atoms in total. The Balaban J connectivity index is 1.40. The van der Waals surface area contributed by atoms with Gasteiger partial charge in [-0.2, -0.15) is 0 Å². The summed E-state index contributed by atoms with van der Waals surface area (Å²) in [7, 11) is 1.99. The molecular weight excluding hydrogens is 399 g/mol. The number of hydrogen-bond acceptors (Lipinski definition) is 4. The second kappa shape index (κ2) is 9.43. The minimum absolute atomic E-state index is 0.0364. The third-order valence-electron chi connectivity index (χ3n) is 5.52. The Bertz CT molecular complexity index is 1010. The highest BCUT2D eigenvalue weighted by atomic mass is 32.2. The van der Waals surface area contributed by atoms with E-state index in [2.05, 4.69) is 22.3 Å². The van der Waals surface area contributed by atoms with E-state index in [1.54, 1.807) is 30.0 Å². The lowest BCUT2D eigenvalue weighted by Gasteiger charge is -2.32. The average molecular weight is 425 g/mol. The molecule has 3 aromatic rings. The molecule has 0 spiro atoms. The zero-order chi connectivity index (χ0) is 20.9. The Kier molecular flexibility index (Phi) is 6.47. The van der Waals surface area contributed by atoms with Crippen LogP contribution in [-0.2, 0) is 24.0 Å². The lowest BCUT2D eigenvalue weighted by molar-refractivity contribution is -0.131. The number of rotatable bonds is 6. The number of carbonyl (C=O) groups is 1. The van der Waals surface area contributed by atoms with Gasteiger partial charge in [-0.15, -0.1) is 10.2 Å². The van der Waals surface area contributed by atoms with E-state index < -0.39 is 0 Å². The lowest BCUT2D eigenvalue weighted by atomic mass is 9.96. The van der Waals surface area contributed by atoms with Gasteiger partial charge in [0.15, 0.2) is 5.16 Å². The van der Waals surface area contributed by atoms with Crippen molar-refractivity contribution in [3.05, 3.63) is 77.4 Å². The molecule has 1 atom stereocenters. The van der Waals surface area contributed by atoms with E-state index in [4.69, 9.17) is 0 Å². The van der Waals surface area contributed by atoms with Crippen molar-refractivity contribution in [2.75, 3.05) is 13.1 Å². The van der Waals surface area contributed by atoms with Crippen LogP contribution in [0.15, 0.2) is 59.8 Å². The maximum absolute atomic E-state index is 13.9. The topological polar surface area (TPSA) is 51.0 Å². The molecular formula is C23H25FN4OS. The summed E-state index contributed by atoms with van der Waals surface area (Å²) in [5.41, 5.74) is 1.69. The van der Waals surface area contributed by atoms with Crippen LogP contribution in [-0.4, -0.2) is 38.7 Å². The van der Waals surface area contributed by atoms with Gasteiger partial charge in [-0.1, -0.05) is 60.3 Å². The number of hydrogen-bond donors (Lipinski definition) is 0. The molecule has 1 saturated heterocycles. The van der Waals surface area contributed by atoms with Crippen LogP contribution < -0.4 is 0 Å². The third kappa shape index (κ3) is 4.73. The maximum atomic E-state index is 13.9. The predicted molar refractivity (Wildman–Crippen MR) is 116 cm³/mol. The van der Waals surface area contributed by atoms with Crippen LogP contribution in [0.1, 0.15) is 35.7 Å². The number of nitrogens with zero attached hydrogens (tertiary/aromatic N) is 4. The maximum Gasteiger partial charge on any atom is 0.227 e. The fraction of sp³-hybridized carbons (Fsp3) is 0.348. The minimum Gasteiger partial charge on any atom is -0.342 e. The van der Waals surface area contributed by atoms with Crippen molar-refractivity contribution in [3.8, 4) is 0 Å². The smallest absolute Gasteiger partial charge is 0.227 e. The Morgan fingerprint density at radius 3 is 2.70 bits per heavy atom.